The Bertz CT molecular complexity index is 585. The highest BCUT2D eigenvalue weighted by Crippen LogP contribution is 2.38. The molecular weight excluding hydrogens is 316 g/mol. The minimum Gasteiger partial charge on any atom is -0.465 e. The van der Waals surface area contributed by atoms with Crippen LogP contribution in [0.3, 0.4) is 0 Å². The van der Waals surface area contributed by atoms with E-state index in [2.05, 4.69) is 33.8 Å². The number of fused-ring (bicyclic) bond motifs is 2. The smallest absolute Gasteiger partial charge is 0.337 e. The van der Waals surface area contributed by atoms with Gasteiger partial charge >= 0.3 is 5.97 Å². The Kier molecular flexibility index (Phi) is 6.50. The predicted molar refractivity (Wildman–Crippen MR) is 98.6 cm³/mol. The molecule has 0 aromatic rings. The second-order valence-corrected chi connectivity index (χ2v) is 7.91. The Morgan fingerprint density at radius 2 is 2.12 bits per heavy atom. The molecule has 0 spiro atoms. The molecule has 4 heteroatoms. The number of carbonyl (C=O) groups excluding carboxylic acids is 1. The van der Waals surface area contributed by atoms with Crippen LogP contribution in [0, 0.1) is 17.8 Å². The molecule has 0 fully saturated rings. The molecule has 0 aliphatic carbocycles. The third-order valence-electron chi connectivity index (χ3n) is 5.21. The largest absolute Gasteiger partial charge is 0.465 e. The first-order valence-electron chi connectivity index (χ1n) is 9.34. The Labute approximate surface area is 151 Å². The lowest BCUT2D eigenvalue weighted by Crippen LogP contribution is -2.37. The summed E-state index contributed by atoms with van der Waals surface area (Å²) in [6.45, 7) is 8.59. The van der Waals surface area contributed by atoms with Crippen LogP contribution < -0.4 is 0 Å². The first kappa shape index (κ1) is 19.8. The molecule has 0 aromatic heterocycles. The fourth-order valence-corrected chi connectivity index (χ4v) is 3.72. The van der Waals surface area contributed by atoms with E-state index in [4.69, 9.17) is 9.47 Å². The van der Waals surface area contributed by atoms with Gasteiger partial charge in [0, 0.05) is 18.4 Å². The maximum Gasteiger partial charge on any atom is 0.337 e. The van der Waals surface area contributed by atoms with E-state index in [9.17, 15) is 9.90 Å². The molecule has 0 amide bonds. The summed E-state index contributed by atoms with van der Waals surface area (Å²) in [5.41, 5.74) is 1.78. The van der Waals surface area contributed by atoms with Gasteiger partial charge in [-0.15, -0.1) is 0 Å². The number of rotatable bonds is 2. The van der Waals surface area contributed by atoms with E-state index in [1.54, 1.807) is 6.08 Å². The van der Waals surface area contributed by atoms with E-state index in [1.807, 2.05) is 0 Å². The molecule has 0 radical (unpaired) electrons. The molecular formula is C21H32O4. The zero-order valence-corrected chi connectivity index (χ0v) is 16.2. The fraction of sp³-hybridized carbons (Fsp3) is 0.667. The summed E-state index contributed by atoms with van der Waals surface area (Å²) in [5.74, 6) is -0.407. The van der Waals surface area contributed by atoms with Gasteiger partial charge in [0.15, 0.2) is 0 Å². The van der Waals surface area contributed by atoms with Crippen LogP contribution in [0.5, 0.6) is 0 Å². The average molecular weight is 348 g/mol. The normalized spacial score (nSPS) is 33.0. The van der Waals surface area contributed by atoms with E-state index < -0.39 is 11.8 Å². The summed E-state index contributed by atoms with van der Waals surface area (Å²) in [6.07, 6.45) is 9.97. The van der Waals surface area contributed by atoms with E-state index in [0.717, 1.165) is 25.7 Å². The Balaban J connectivity index is 2.44. The average Bonchev–Trinajstić information content (AvgIpc) is 2.52. The lowest BCUT2D eigenvalue weighted by Gasteiger charge is -2.37. The standard InChI is InChI=1S/C21H32O4/c1-14(2)18-10-9-15(3)7-6-8-16(4)12-21(23)13-17(20(22)24-5)11-19(18)25-21/h7,11,13-14,16,18,23H,6,8-10,12H2,1-5H3/b15-7-/t16-,18-,21+/m0/s1. The molecule has 2 rings (SSSR count). The van der Waals surface area contributed by atoms with Gasteiger partial charge in [-0.2, -0.15) is 0 Å². The number of hydrogen-bond donors (Lipinski definition) is 1. The number of aliphatic hydroxyl groups is 1. The summed E-state index contributed by atoms with van der Waals surface area (Å²) in [5, 5.41) is 11.1. The number of carbonyl (C=O) groups is 1. The summed E-state index contributed by atoms with van der Waals surface area (Å²) in [6, 6.07) is 0. The summed E-state index contributed by atoms with van der Waals surface area (Å²) in [4.78, 5) is 12.1. The van der Waals surface area contributed by atoms with Gasteiger partial charge in [0.1, 0.15) is 5.76 Å². The lowest BCUT2D eigenvalue weighted by atomic mass is 9.84. The molecule has 2 heterocycles. The maximum atomic E-state index is 12.1. The predicted octanol–water partition coefficient (Wildman–Crippen LogP) is 4.51. The monoisotopic (exact) mass is 348 g/mol. The van der Waals surface area contributed by atoms with Gasteiger partial charge in [0.2, 0.25) is 5.79 Å². The minimum absolute atomic E-state index is 0.151. The number of methoxy groups -OCH3 is 1. The van der Waals surface area contributed by atoms with E-state index in [1.165, 1.54) is 18.8 Å². The Morgan fingerprint density at radius 1 is 1.40 bits per heavy atom. The van der Waals surface area contributed by atoms with Crippen molar-refractivity contribution in [1.29, 1.82) is 0 Å². The number of allylic oxidation sites excluding steroid dienone is 3. The van der Waals surface area contributed by atoms with Crippen molar-refractivity contribution in [1.82, 2.24) is 0 Å². The van der Waals surface area contributed by atoms with Crippen molar-refractivity contribution in [3.8, 4) is 0 Å². The first-order valence-corrected chi connectivity index (χ1v) is 9.34. The van der Waals surface area contributed by atoms with Gasteiger partial charge in [-0.3, -0.25) is 0 Å². The molecule has 25 heavy (non-hydrogen) atoms. The second kappa shape index (κ2) is 8.22. The zero-order valence-electron chi connectivity index (χ0n) is 16.2. The molecule has 0 unspecified atom stereocenters. The molecule has 2 aliphatic heterocycles. The third-order valence-corrected chi connectivity index (χ3v) is 5.21. The summed E-state index contributed by atoms with van der Waals surface area (Å²) in [7, 11) is 1.36. The van der Waals surface area contributed by atoms with E-state index >= 15 is 0 Å². The van der Waals surface area contributed by atoms with E-state index in [-0.39, 0.29) is 11.8 Å². The molecule has 1 N–H and O–H groups in total. The van der Waals surface area contributed by atoms with Gasteiger partial charge in [-0.25, -0.2) is 4.79 Å². The number of esters is 1. The zero-order chi connectivity index (χ0) is 18.6. The fourth-order valence-electron chi connectivity index (χ4n) is 3.72. The van der Waals surface area contributed by atoms with Crippen LogP contribution in [0.2, 0.25) is 0 Å². The number of ether oxygens (including phenoxy) is 2. The Hall–Kier alpha value is -1.55. The van der Waals surface area contributed by atoms with Gasteiger partial charge in [-0.05, 0) is 50.5 Å². The second-order valence-electron chi connectivity index (χ2n) is 7.91. The van der Waals surface area contributed by atoms with Crippen molar-refractivity contribution in [2.45, 2.75) is 65.6 Å². The summed E-state index contributed by atoms with van der Waals surface area (Å²) < 4.78 is 10.9. The summed E-state index contributed by atoms with van der Waals surface area (Å²) >= 11 is 0. The first-order chi connectivity index (χ1) is 11.7. The highest BCUT2D eigenvalue weighted by Gasteiger charge is 2.37. The SMILES string of the molecule is COC(=O)C1=C[C@@]2(O)C[C@@H](C)CC/C=C(/C)CC[C@@H](C(C)C)C(=C1)O2. The van der Waals surface area contributed by atoms with Crippen molar-refractivity contribution in [2.75, 3.05) is 7.11 Å². The van der Waals surface area contributed by atoms with Crippen molar-refractivity contribution in [3.63, 3.8) is 0 Å². The van der Waals surface area contributed by atoms with Crippen LogP contribution in [0.4, 0.5) is 0 Å². The minimum atomic E-state index is -1.45. The molecule has 0 saturated carbocycles. The van der Waals surface area contributed by atoms with Crippen LogP contribution >= 0.6 is 0 Å². The number of hydrogen-bond acceptors (Lipinski definition) is 4. The van der Waals surface area contributed by atoms with Gasteiger partial charge in [0.05, 0.1) is 12.7 Å². The van der Waals surface area contributed by atoms with Crippen LogP contribution in [-0.4, -0.2) is 24.0 Å². The highest BCUT2D eigenvalue weighted by molar-refractivity contribution is 5.92. The van der Waals surface area contributed by atoms with Crippen molar-refractivity contribution in [2.24, 2.45) is 17.8 Å². The van der Waals surface area contributed by atoms with Gasteiger partial charge in [-0.1, -0.05) is 32.4 Å². The highest BCUT2D eigenvalue weighted by atomic mass is 16.6. The van der Waals surface area contributed by atoms with Crippen LogP contribution in [-0.2, 0) is 14.3 Å². The van der Waals surface area contributed by atoms with Gasteiger partial charge < -0.3 is 14.6 Å². The van der Waals surface area contributed by atoms with Crippen molar-refractivity contribution < 1.29 is 19.4 Å². The molecule has 3 atom stereocenters. The molecule has 4 nitrogen and oxygen atoms in total. The van der Waals surface area contributed by atoms with Crippen LogP contribution in [0.1, 0.15) is 59.8 Å². The lowest BCUT2D eigenvalue weighted by molar-refractivity contribution is -0.163. The maximum absolute atomic E-state index is 12.1. The molecule has 2 aliphatic rings. The van der Waals surface area contributed by atoms with Crippen molar-refractivity contribution in [3.05, 3.63) is 35.1 Å². The molecule has 0 saturated heterocycles. The van der Waals surface area contributed by atoms with Crippen molar-refractivity contribution >= 4 is 5.97 Å². The molecule has 140 valence electrons. The van der Waals surface area contributed by atoms with Gasteiger partial charge in [0.25, 0.3) is 0 Å². The van der Waals surface area contributed by atoms with E-state index in [0.29, 0.717) is 23.7 Å². The Morgan fingerprint density at radius 3 is 2.76 bits per heavy atom. The van der Waals surface area contributed by atoms with Crippen LogP contribution in [0.15, 0.2) is 35.1 Å². The third kappa shape index (κ3) is 5.21. The quantitative estimate of drug-likeness (QED) is 0.589. The molecule has 2 bridgehead atoms. The molecule has 0 aromatic carbocycles. The van der Waals surface area contributed by atoms with Crippen LogP contribution in [0.25, 0.3) is 0 Å². The topological polar surface area (TPSA) is 55.8 Å².